The van der Waals surface area contributed by atoms with Crippen LogP contribution < -0.4 is 12.4 Å². The van der Waals surface area contributed by atoms with E-state index >= 15 is 0 Å². The van der Waals surface area contributed by atoms with E-state index in [4.69, 9.17) is 18.9 Å². The number of quaternary nitrogens is 1. The van der Waals surface area contributed by atoms with Gasteiger partial charge in [-0.3, -0.25) is 4.90 Å². The summed E-state index contributed by atoms with van der Waals surface area (Å²) in [4.78, 5) is 29.8. The average Bonchev–Trinajstić information content (AvgIpc) is 3.54. The molecule has 4 fully saturated rings. The fourth-order valence-electron chi connectivity index (χ4n) is 7.69. The zero-order valence-corrected chi connectivity index (χ0v) is 25.6. The Morgan fingerprint density at radius 1 is 0.881 bits per heavy atom. The van der Waals surface area contributed by atoms with Crippen LogP contribution in [0.3, 0.4) is 0 Å². The van der Waals surface area contributed by atoms with Gasteiger partial charge in [0.25, 0.3) is 5.60 Å². The second-order valence-electron chi connectivity index (χ2n) is 11.7. The Hall–Kier alpha value is -2.36. The van der Waals surface area contributed by atoms with Gasteiger partial charge in [-0.25, -0.2) is 9.59 Å². The first-order valence-electron chi connectivity index (χ1n) is 14.9. The molecular formula is C32H42Cl2N2O6. The van der Waals surface area contributed by atoms with E-state index in [0.29, 0.717) is 43.0 Å². The number of hydrogen-bond donors (Lipinski definition) is 0. The number of carbonyl (C=O) groups excluding carboxylic acids is 2. The van der Waals surface area contributed by atoms with Gasteiger partial charge in [-0.1, -0.05) is 60.7 Å². The Bertz CT molecular complexity index is 1100. The van der Waals surface area contributed by atoms with Gasteiger partial charge >= 0.3 is 12.1 Å². The molecule has 42 heavy (non-hydrogen) atoms. The lowest BCUT2D eigenvalue weighted by Crippen LogP contribution is -3.00. The minimum Gasteiger partial charge on any atom is -1.00 e. The van der Waals surface area contributed by atoms with E-state index in [2.05, 4.69) is 4.90 Å². The van der Waals surface area contributed by atoms with Gasteiger partial charge in [0, 0.05) is 69.3 Å². The van der Waals surface area contributed by atoms with Gasteiger partial charge in [-0.2, -0.15) is 0 Å². The maximum absolute atomic E-state index is 14.4. The number of carbonyl (C=O) groups is 2. The third-order valence-corrected chi connectivity index (χ3v) is 9.65. The van der Waals surface area contributed by atoms with Crippen LogP contribution in [0.4, 0.5) is 4.79 Å². The van der Waals surface area contributed by atoms with Crippen molar-refractivity contribution < 1.29 is 45.4 Å². The molecule has 2 unspecified atom stereocenters. The van der Waals surface area contributed by atoms with Crippen LogP contribution in [0.1, 0.15) is 49.7 Å². The second-order valence-corrected chi connectivity index (χ2v) is 11.7. The zero-order chi connectivity index (χ0) is 27.4. The van der Waals surface area contributed by atoms with Gasteiger partial charge < -0.3 is 35.8 Å². The van der Waals surface area contributed by atoms with Gasteiger partial charge in [-0.15, -0.1) is 12.4 Å². The van der Waals surface area contributed by atoms with Crippen molar-refractivity contribution in [3.8, 4) is 0 Å². The number of hydrogen-bond acceptors (Lipinski definition) is 7. The number of benzene rings is 2. The third kappa shape index (κ3) is 6.43. The van der Waals surface area contributed by atoms with Crippen LogP contribution in [-0.4, -0.2) is 92.2 Å². The number of esters is 1. The fourth-order valence-corrected chi connectivity index (χ4v) is 7.69. The van der Waals surface area contributed by atoms with Crippen molar-refractivity contribution in [2.45, 2.75) is 62.3 Å². The van der Waals surface area contributed by atoms with Crippen LogP contribution in [0.5, 0.6) is 0 Å². The van der Waals surface area contributed by atoms with Gasteiger partial charge in [0.15, 0.2) is 0 Å². The van der Waals surface area contributed by atoms with Crippen LogP contribution in [0, 0.1) is 0 Å². The summed E-state index contributed by atoms with van der Waals surface area (Å²) in [6.45, 7) is 6.20. The summed E-state index contributed by atoms with van der Waals surface area (Å²) in [5.41, 5.74) is -0.689. The highest BCUT2D eigenvalue weighted by atomic mass is 35.5. The monoisotopic (exact) mass is 620 g/mol. The molecule has 2 aromatic carbocycles. The summed E-state index contributed by atoms with van der Waals surface area (Å²) in [5, 5.41) is 0. The first-order chi connectivity index (χ1) is 19.6. The van der Waals surface area contributed by atoms with Crippen molar-refractivity contribution in [3.05, 3.63) is 71.8 Å². The molecule has 1 spiro atoms. The van der Waals surface area contributed by atoms with Gasteiger partial charge in [0.2, 0.25) is 0 Å². The molecule has 8 nitrogen and oxygen atoms in total. The molecule has 2 aromatic rings. The van der Waals surface area contributed by atoms with Gasteiger partial charge in [-0.05, 0) is 0 Å². The average molecular weight is 622 g/mol. The lowest BCUT2D eigenvalue weighted by molar-refractivity contribution is -0.956. The molecule has 2 atom stereocenters. The van der Waals surface area contributed by atoms with E-state index in [1.54, 1.807) is 0 Å². The maximum Gasteiger partial charge on any atom is 0.510 e. The van der Waals surface area contributed by atoms with Crippen molar-refractivity contribution in [2.75, 3.05) is 52.5 Å². The first kappa shape index (κ1) is 32.6. The highest BCUT2D eigenvalue weighted by Crippen LogP contribution is 2.47. The summed E-state index contributed by atoms with van der Waals surface area (Å²) in [5.74, 6) is -0.561. The van der Waals surface area contributed by atoms with Gasteiger partial charge in [0.05, 0.1) is 38.4 Å². The fraction of sp³-hybridized carbons (Fsp3) is 0.562. The number of piperidine rings is 1. The predicted octanol–water partition coefficient (Wildman–Crippen LogP) is 1.69. The van der Waals surface area contributed by atoms with Crippen LogP contribution in [0.2, 0.25) is 0 Å². The van der Waals surface area contributed by atoms with E-state index in [1.165, 1.54) is 43.3 Å². The molecule has 4 saturated heterocycles. The Kier molecular flexibility index (Phi) is 11.2. The quantitative estimate of drug-likeness (QED) is 0.328. The minimum atomic E-state index is -1.77. The maximum atomic E-state index is 14.4. The molecule has 4 aliphatic heterocycles. The SMILES string of the molecule is Cl.O=C(OCCN1CCOCC1)OC(C(=O)OC1CC2CCC(C1)[N+]21CCCC1)(c1ccccc1)c1ccccc1.[Cl-]. The largest absolute Gasteiger partial charge is 1.00 e. The standard InChI is InChI=1S/C32H41N2O6.2ClH/c35-30(39-29-23-27-13-14-28(24-29)34(27)18-7-8-19-34)32(25-9-3-1-4-10-25,26-11-5-2-6-12-26)40-31(36)38-22-17-33-15-20-37-21-16-33;;/h1-6,9-12,27-29H,7-8,13-24H2;2*1H/q+1;;/p-1. The molecule has 0 radical (unpaired) electrons. The molecule has 4 heterocycles. The smallest absolute Gasteiger partial charge is 0.510 e. The molecule has 0 saturated carbocycles. The van der Waals surface area contributed by atoms with Crippen molar-refractivity contribution in [2.24, 2.45) is 0 Å². The molecule has 0 aromatic heterocycles. The number of ether oxygens (including phenoxy) is 4. The molecule has 10 heteroatoms. The third-order valence-electron chi connectivity index (χ3n) is 9.65. The summed E-state index contributed by atoms with van der Waals surface area (Å²) in [6, 6.07) is 19.5. The molecular weight excluding hydrogens is 579 g/mol. The number of rotatable bonds is 8. The van der Waals surface area contributed by atoms with Crippen LogP contribution in [0.15, 0.2) is 60.7 Å². The molecule has 0 aliphatic carbocycles. The van der Waals surface area contributed by atoms with Crippen LogP contribution in [0.25, 0.3) is 0 Å². The molecule has 0 amide bonds. The first-order valence-corrected chi connectivity index (χ1v) is 14.9. The van der Waals surface area contributed by atoms with E-state index in [-0.39, 0.29) is 37.5 Å². The van der Waals surface area contributed by atoms with Crippen molar-refractivity contribution >= 4 is 24.5 Å². The predicted molar refractivity (Wildman–Crippen MR) is 156 cm³/mol. The van der Waals surface area contributed by atoms with Gasteiger partial charge in [0.1, 0.15) is 12.7 Å². The summed E-state index contributed by atoms with van der Waals surface area (Å²) in [7, 11) is 0. The Balaban J connectivity index is 0.00000202. The number of nitrogens with zero attached hydrogens (tertiary/aromatic N) is 2. The topological polar surface area (TPSA) is 74.3 Å². The Morgan fingerprint density at radius 2 is 1.43 bits per heavy atom. The molecule has 230 valence electrons. The normalized spacial score (nSPS) is 24.7. The number of halogens is 2. The second kappa shape index (κ2) is 14.4. The van der Waals surface area contributed by atoms with E-state index < -0.39 is 17.7 Å². The van der Waals surface area contributed by atoms with Crippen LogP contribution in [-0.2, 0) is 29.3 Å². The summed E-state index contributed by atoms with van der Waals surface area (Å²) >= 11 is 0. The van der Waals surface area contributed by atoms with Crippen molar-refractivity contribution in [3.63, 3.8) is 0 Å². The van der Waals surface area contributed by atoms with Crippen molar-refractivity contribution in [1.29, 1.82) is 0 Å². The van der Waals surface area contributed by atoms with Crippen molar-refractivity contribution in [1.82, 2.24) is 4.90 Å². The summed E-state index contributed by atoms with van der Waals surface area (Å²) in [6.07, 6.45) is 5.65. The zero-order valence-electron chi connectivity index (χ0n) is 24.0. The number of morpholine rings is 1. The molecule has 2 bridgehead atoms. The minimum absolute atomic E-state index is 0. The van der Waals surface area contributed by atoms with E-state index in [9.17, 15) is 9.59 Å². The lowest BCUT2D eigenvalue weighted by atomic mass is 9.85. The van der Waals surface area contributed by atoms with E-state index in [0.717, 1.165) is 25.9 Å². The lowest BCUT2D eigenvalue weighted by Gasteiger charge is -2.47. The molecule has 6 rings (SSSR count). The molecule has 0 N–H and O–H groups in total. The van der Waals surface area contributed by atoms with E-state index in [1.807, 2.05) is 60.7 Å². The highest BCUT2D eigenvalue weighted by molar-refractivity contribution is 5.88. The summed E-state index contributed by atoms with van der Waals surface area (Å²) < 4.78 is 24.6. The molecule has 4 aliphatic rings. The van der Waals surface area contributed by atoms with Crippen LogP contribution >= 0.6 is 12.4 Å². The highest BCUT2D eigenvalue weighted by Gasteiger charge is 2.57. The Labute approximate surface area is 261 Å². The Morgan fingerprint density at radius 3 is 1.98 bits per heavy atom.